The van der Waals surface area contributed by atoms with Gasteiger partial charge in [0.05, 0.1) is 5.69 Å². The van der Waals surface area contributed by atoms with E-state index in [-0.39, 0.29) is 11.4 Å². The third kappa shape index (κ3) is 3.46. The molecule has 0 atom stereocenters. The lowest BCUT2D eigenvalue weighted by Crippen LogP contribution is -2.43. The molecule has 2 aromatic rings. The number of carbonyl (C=O) groups is 1. The van der Waals surface area contributed by atoms with Crippen LogP contribution in [0.3, 0.4) is 0 Å². The van der Waals surface area contributed by atoms with Crippen LogP contribution in [0.1, 0.15) is 49.0 Å². The number of hydrogen-bond donors (Lipinski definition) is 1. The summed E-state index contributed by atoms with van der Waals surface area (Å²) in [5.74, 6) is -0.0140. The number of aromatic nitrogens is 1. The largest absolute Gasteiger partial charge is 0.346 e. The Labute approximate surface area is 128 Å². The molecule has 1 amide bonds. The van der Waals surface area contributed by atoms with E-state index in [0.717, 1.165) is 34.0 Å². The van der Waals surface area contributed by atoms with E-state index in [0.29, 0.717) is 0 Å². The smallest absolute Gasteiger partial charge is 0.263 e. The molecule has 0 aromatic carbocycles. The minimum Gasteiger partial charge on any atom is -0.346 e. The van der Waals surface area contributed by atoms with Gasteiger partial charge in [0.15, 0.2) is 0 Å². The molecule has 3 nitrogen and oxygen atoms in total. The Bertz CT molecular complexity index is 585. The van der Waals surface area contributed by atoms with Gasteiger partial charge in [0.2, 0.25) is 0 Å². The summed E-state index contributed by atoms with van der Waals surface area (Å²) in [7, 11) is 0. The van der Waals surface area contributed by atoms with Crippen molar-refractivity contribution in [3.63, 3.8) is 0 Å². The maximum absolute atomic E-state index is 12.4. The predicted octanol–water partition coefficient (Wildman–Crippen LogP) is 4.49. The van der Waals surface area contributed by atoms with E-state index in [1.807, 2.05) is 18.4 Å². The fraction of sp³-hybridized carbons (Fsp3) is 0.467. The maximum Gasteiger partial charge on any atom is 0.263 e. The van der Waals surface area contributed by atoms with Crippen molar-refractivity contribution in [2.24, 2.45) is 0 Å². The number of thiazole rings is 1. The molecule has 0 saturated carbocycles. The normalized spacial score (nSPS) is 11.6. The second-order valence-electron chi connectivity index (χ2n) is 5.53. The van der Waals surface area contributed by atoms with Crippen LogP contribution in [0.2, 0.25) is 0 Å². The summed E-state index contributed by atoms with van der Waals surface area (Å²) in [6, 6.07) is 2.03. The zero-order chi connectivity index (χ0) is 14.8. The van der Waals surface area contributed by atoms with Gasteiger partial charge in [-0.25, -0.2) is 4.98 Å². The van der Waals surface area contributed by atoms with E-state index in [2.05, 4.69) is 36.5 Å². The van der Waals surface area contributed by atoms with Gasteiger partial charge in [-0.05, 0) is 38.6 Å². The van der Waals surface area contributed by atoms with E-state index in [4.69, 9.17) is 0 Å². The van der Waals surface area contributed by atoms with Crippen molar-refractivity contribution in [1.29, 1.82) is 0 Å². The first-order chi connectivity index (χ1) is 9.43. The minimum absolute atomic E-state index is 0.0140. The van der Waals surface area contributed by atoms with Crippen LogP contribution in [0.4, 0.5) is 0 Å². The summed E-state index contributed by atoms with van der Waals surface area (Å²) in [4.78, 5) is 17.6. The lowest BCUT2D eigenvalue weighted by atomic mass is 9.99. The SMILES string of the molecule is CCCC(C)(C)NC(=O)c1sc(-c2ccsc2)nc1C. The molecule has 0 unspecified atom stereocenters. The molecule has 0 fully saturated rings. The number of amides is 1. The Hall–Kier alpha value is -1.20. The number of hydrogen-bond acceptors (Lipinski definition) is 4. The number of nitrogens with one attached hydrogen (secondary N) is 1. The van der Waals surface area contributed by atoms with Gasteiger partial charge in [0, 0.05) is 16.5 Å². The Kier molecular flexibility index (Phi) is 4.60. The first kappa shape index (κ1) is 15.2. The highest BCUT2D eigenvalue weighted by Gasteiger charge is 2.23. The third-order valence-electron chi connectivity index (χ3n) is 3.10. The Morgan fingerprint density at radius 3 is 2.80 bits per heavy atom. The van der Waals surface area contributed by atoms with Crippen LogP contribution < -0.4 is 5.32 Å². The molecule has 5 heteroatoms. The van der Waals surface area contributed by atoms with Crippen molar-refractivity contribution in [3.05, 3.63) is 27.4 Å². The molecule has 20 heavy (non-hydrogen) atoms. The maximum atomic E-state index is 12.4. The van der Waals surface area contributed by atoms with Gasteiger partial charge in [0.1, 0.15) is 9.88 Å². The molecule has 2 heterocycles. The van der Waals surface area contributed by atoms with Crippen molar-refractivity contribution >= 4 is 28.6 Å². The molecule has 2 rings (SSSR count). The van der Waals surface area contributed by atoms with Crippen molar-refractivity contribution in [2.45, 2.75) is 46.1 Å². The minimum atomic E-state index is -0.176. The van der Waals surface area contributed by atoms with Crippen LogP contribution in [0, 0.1) is 6.92 Å². The van der Waals surface area contributed by atoms with Crippen LogP contribution in [-0.4, -0.2) is 16.4 Å². The third-order valence-corrected chi connectivity index (χ3v) is 4.99. The van der Waals surface area contributed by atoms with Gasteiger partial charge in [0.25, 0.3) is 5.91 Å². The number of rotatable bonds is 5. The van der Waals surface area contributed by atoms with Gasteiger partial charge in [-0.1, -0.05) is 13.3 Å². The van der Waals surface area contributed by atoms with E-state index < -0.39 is 0 Å². The summed E-state index contributed by atoms with van der Waals surface area (Å²) < 4.78 is 0. The van der Waals surface area contributed by atoms with Crippen LogP contribution in [0.5, 0.6) is 0 Å². The molecule has 0 bridgehead atoms. The molecule has 2 aromatic heterocycles. The van der Waals surface area contributed by atoms with Gasteiger partial charge < -0.3 is 5.32 Å². The number of carbonyl (C=O) groups excluding carboxylic acids is 1. The van der Waals surface area contributed by atoms with Crippen molar-refractivity contribution < 1.29 is 4.79 Å². The Morgan fingerprint density at radius 2 is 2.20 bits per heavy atom. The van der Waals surface area contributed by atoms with Crippen molar-refractivity contribution in [3.8, 4) is 10.6 Å². The molecule has 0 aliphatic heterocycles. The summed E-state index contributed by atoms with van der Waals surface area (Å²) in [6.45, 7) is 8.14. The zero-order valence-corrected chi connectivity index (χ0v) is 14.0. The molecule has 0 saturated heterocycles. The zero-order valence-electron chi connectivity index (χ0n) is 12.3. The monoisotopic (exact) mass is 308 g/mol. The standard InChI is InChI=1S/C15H20N2OS2/c1-5-7-15(3,4)17-13(18)12-10(2)16-14(20-12)11-6-8-19-9-11/h6,8-9H,5,7H2,1-4H3,(H,17,18). The molecule has 0 spiro atoms. The average Bonchev–Trinajstić information content (AvgIpc) is 2.96. The van der Waals surface area contributed by atoms with Crippen LogP contribution in [0.15, 0.2) is 16.8 Å². The van der Waals surface area contributed by atoms with Crippen LogP contribution in [0.25, 0.3) is 10.6 Å². The highest BCUT2D eigenvalue weighted by Crippen LogP contribution is 2.29. The Balaban J connectivity index is 2.19. The number of thiophene rings is 1. The lowest BCUT2D eigenvalue weighted by molar-refractivity contribution is 0.0912. The highest BCUT2D eigenvalue weighted by molar-refractivity contribution is 7.17. The molecule has 0 radical (unpaired) electrons. The van der Waals surface area contributed by atoms with E-state index >= 15 is 0 Å². The quantitative estimate of drug-likeness (QED) is 0.884. The molecule has 108 valence electrons. The molecular weight excluding hydrogens is 288 g/mol. The van der Waals surface area contributed by atoms with Crippen LogP contribution >= 0.6 is 22.7 Å². The predicted molar refractivity (Wildman–Crippen MR) is 86.6 cm³/mol. The van der Waals surface area contributed by atoms with Gasteiger partial charge in [-0.15, -0.1) is 11.3 Å². The van der Waals surface area contributed by atoms with Gasteiger partial charge in [-0.2, -0.15) is 11.3 Å². The first-order valence-corrected chi connectivity index (χ1v) is 8.51. The molecular formula is C15H20N2OS2. The van der Waals surface area contributed by atoms with Crippen LogP contribution in [-0.2, 0) is 0 Å². The second kappa shape index (κ2) is 6.06. The van der Waals surface area contributed by atoms with E-state index in [9.17, 15) is 4.79 Å². The molecule has 0 aliphatic carbocycles. The van der Waals surface area contributed by atoms with E-state index in [1.165, 1.54) is 11.3 Å². The summed E-state index contributed by atoms with van der Waals surface area (Å²) in [5, 5.41) is 8.11. The van der Waals surface area contributed by atoms with Crippen molar-refractivity contribution in [2.75, 3.05) is 0 Å². The van der Waals surface area contributed by atoms with Gasteiger partial charge >= 0.3 is 0 Å². The lowest BCUT2D eigenvalue weighted by Gasteiger charge is -2.25. The van der Waals surface area contributed by atoms with Crippen molar-refractivity contribution in [1.82, 2.24) is 10.3 Å². The highest BCUT2D eigenvalue weighted by atomic mass is 32.1. The summed E-state index contributed by atoms with van der Waals surface area (Å²) >= 11 is 3.11. The fourth-order valence-electron chi connectivity index (χ4n) is 2.17. The summed E-state index contributed by atoms with van der Waals surface area (Å²) in [5.41, 5.74) is 1.72. The number of nitrogens with zero attached hydrogens (tertiary/aromatic N) is 1. The summed E-state index contributed by atoms with van der Waals surface area (Å²) in [6.07, 6.45) is 2.02. The second-order valence-corrected chi connectivity index (χ2v) is 7.31. The molecule has 1 N–H and O–H groups in total. The fourth-order valence-corrected chi connectivity index (χ4v) is 3.84. The average molecular weight is 308 g/mol. The van der Waals surface area contributed by atoms with E-state index in [1.54, 1.807) is 11.3 Å². The first-order valence-electron chi connectivity index (χ1n) is 6.75. The Morgan fingerprint density at radius 1 is 1.45 bits per heavy atom. The molecule has 0 aliphatic rings. The number of aryl methyl sites for hydroxylation is 1. The van der Waals surface area contributed by atoms with Gasteiger partial charge in [-0.3, -0.25) is 4.79 Å². The topological polar surface area (TPSA) is 42.0 Å².